The van der Waals surface area contributed by atoms with E-state index in [2.05, 4.69) is 10.3 Å². The molecule has 1 N–H and O–H groups in total. The summed E-state index contributed by atoms with van der Waals surface area (Å²) in [7, 11) is 2.73. The number of ether oxygens (including phenoxy) is 6. The minimum atomic E-state index is -1.48. The molecular formula is C31H38N2O11. The summed E-state index contributed by atoms with van der Waals surface area (Å²) in [6, 6.07) is 8.95. The summed E-state index contributed by atoms with van der Waals surface area (Å²) in [5.74, 6) is -5.20. The van der Waals surface area contributed by atoms with E-state index in [0.717, 1.165) is 5.56 Å². The molecule has 44 heavy (non-hydrogen) atoms. The van der Waals surface area contributed by atoms with Gasteiger partial charge in [-0.1, -0.05) is 30.3 Å². The van der Waals surface area contributed by atoms with E-state index in [1.807, 2.05) is 18.2 Å². The van der Waals surface area contributed by atoms with Gasteiger partial charge in [0.1, 0.15) is 18.6 Å². The number of cyclic esters (lactones) is 2. The number of esters is 4. The van der Waals surface area contributed by atoms with Gasteiger partial charge in [-0.3, -0.25) is 19.2 Å². The molecule has 1 aromatic heterocycles. The predicted octanol–water partition coefficient (Wildman–Crippen LogP) is 2.44. The second-order valence-electron chi connectivity index (χ2n) is 11.1. The van der Waals surface area contributed by atoms with Gasteiger partial charge >= 0.3 is 23.9 Å². The summed E-state index contributed by atoms with van der Waals surface area (Å²) in [5, 5.41) is 2.44. The number of pyridine rings is 1. The van der Waals surface area contributed by atoms with Crippen molar-refractivity contribution in [1.82, 2.24) is 10.3 Å². The highest BCUT2D eigenvalue weighted by Gasteiger charge is 2.43. The van der Waals surface area contributed by atoms with Crippen LogP contribution in [0.2, 0.25) is 0 Å². The fraction of sp³-hybridized carbons (Fsp3) is 0.484. The van der Waals surface area contributed by atoms with Crippen molar-refractivity contribution in [2.45, 2.75) is 58.8 Å². The van der Waals surface area contributed by atoms with E-state index in [9.17, 15) is 24.0 Å². The van der Waals surface area contributed by atoms with Crippen LogP contribution in [0.4, 0.5) is 0 Å². The summed E-state index contributed by atoms with van der Waals surface area (Å²) in [6.07, 6.45) is -1.01. The molecule has 4 atom stereocenters. The molecule has 13 heteroatoms. The number of nitrogens with zero attached hydrogens (tertiary/aromatic N) is 1. The first-order valence-corrected chi connectivity index (χ1v) is 14.0. The molecule has 1 aromatic carbocycles. The summed E-state index contributed by atoms with van der Waals surface area (Å²) in [5.41, 5.74) is -0.499. The Labute approximate surface area is 255 Å². The molecule has 13 nitrogen and oxygen atoms in total. The van der Waals surface area contributed by atoms with Gasteiger partial charge in [0.2, 0.25) is 5.75 Å². The monoisotopic (exact) mass is 614 g/mol. The average Bonchev–Trinajstić information content (AvgIpc) is 3.02. The molecule has 0 spiro atoms. The van der Waals surface area contributed by atoms with Gasteiger partial charge < -0.3 is 33.7 Å². The van der Waals surface area contributed by atoms with E-state index in [1.165, 1.54) is 33.4 Å². The third kappa shape index (κ3) is 8.99. The third-order valence-electron chi connectivity index (χ3n) is 6.63. The van der Waals surface area contributed by atoms with Crippen molar-refractivity contribution in [3.05, 3.63) is 53.9 Å². The number of carbonyl (C=O) groups is 5. The molecule has 0 radical (unpaired) electrons. The first-order chi connectivity index (χ1) is 20.8. The number of nitrogens with one attached hydrogen (secondary N) is 1. The van der Waals surface area contributed by atoms with Gasteiger partial charge in [0.05, 0.1) is 25.6 Å². The van der Waals surface area contributed by atoms with Crippen LogP contribution in [0.25, 0.3) is 0 Å². The van der Waals surface area contributed by atoms with Crippen molar-refractivity contribution >= 4 is 29.8 Å². The molecule has 1 amide bonds. The maximum atomic E-state index is 13.5. The Kier molecular flexibility index (Phi) is 11.8. The minimum absolute atomic E-state index is 0.0419. The fourth-order valence-electron chi connectivity index (χ4n) is 4.21. The molecule has 2 aromatic rings. The average molecular weight is 615 g/mol. The Morgan fingerprint density at radius 1 is 1.05 bits per heavy atom. The van der Waals surface area contributed by atoms with Gasteiger partial charge in [-0.25, -0.2) is 9.78 Å². The molecule has 0 saturated carbocycles. The summed E-state index contributed by atoms with van der Waals surface area (Å²) >= 11 is 0. The van der Waals surface area contributed by atoms with Crippen LogP contribution in [0.1, 0.15) is 50.2 Å². The van der Waals surface area contributed by atoms with Crippen molar-refractivity contribution in [1.29, 1.82) is 0 Å². The van der Waals surface area contributed by atoms with Crippen LogP contribution in [0, 0.1) is 11.3 Å². The van der Waals surface area contributed by atoms with Crippen molar-refractivity contribution in [2.75, 3.05) is 27.4 Å². The van der Waals surface area contributed by atoms with Crippen LogP contribution >= 0.6 is 0 Å². The Morgan fingerprint density at radius 2 is 1.75 bits per heavy atom. The second kappa shape index (κ2) is 15.3. The highest BCUT2D eigenvalue weighted by atomic mass is 16.6. The van der Waals surface area contributed by atoms with Gasteiger partial charge in [-0.15, -0.1) is 0 Å². The van der Waals surface area contributed by atoms with E-state index in [1.54, 1.807) is 32.9 Å². The van der Waals surface area contributed by atoms with Crippen LogP contribution in [0.5, 0.6) is 11.5 Å². The Bertz CT molecular complexity index is 1340. The maximum absolute atomic E-state index is 13.5. The van der Waals surface area contributed by atoms with Crippen LogP contribution < -0.4 is 14.8 Å². The minimum Gasteiger partial charge on any atom is -0.493 e. The first kappa shape index (κ1) is 34.0. The molecular weight excluding hydrogens is 576 g/mol. The van der Waals surface area contributed by atoms with E-state index >= 15 is 0 Å². The zero-order chi connectivity index (χ0) is 32.4. The van der Waals surface area contributed by atoms with Gasteiger partial charge in [-0.2, -0.15) is 0 Å². The van der Waals surface area contributed by atoms with Crippen LogP contribution in [-0.2, 0) is 44.5 Å². The predicted molar refractivity (Wildman–Crippen MR) is 154 cm³/mol. The van der Waals surface area contributed by atoms with Gasteiger partial charge in [0, 0.05) is 19.4 Å². The quantitative estimate of drug-likeness (QED) is 0.307. The number of hydrogen-bond donors (Lipinski definition) is 1. The largest absolute Gasteiger partial charge is 0.493 e. The van der Waals surface area contributed by atoms with Crippen molar-refractivity contribution in [3.63, 3.8) is 0 Å². The number of methoxy groups -OCH3 is 2. The Morgan fingerprint density at radius 3 is 2.39 bits per heavy atom. The smallest absolute Gasteiger partial charge is 0.332 e. The number of benzene rings is 1. The highest BCUT2D eigenvalue weighted by Crippen LogP contribution is 2.31. The molecule has 238 valence electrons. The molecule has 4 unspecified atom stereocenters. The SMILES string of the molecule is COCCC(=O)Oc1c(OC)ccnc1C(=O)NC1COC(=O)C(Cc2ccccc2)C(OC(=O)C(C)(C)C)C(C)OC1=O. The number of rotatable bonds is 10. The lowest BCUT2D eigenvalue weighted by Crippen LogP contribution is -2.47. The van der Waals surface area contributed by atoms with Crippen molar-refractivity contribution in [3.8, 4) is 11.5 Å². The number of hydrogen-bond acceptors (Lipinski definition) is 12. The van der Waals surface area contributed by atoms with E-state index < -0.39 is 66.0 Å². The standard InChI is InChI=1S/C31H38N2O11/c1-18-25(44-30(38)31(2,3)4)20(16-19-10-8-7-9-11-19)28(36)41-17-21(29(37)42-18)33-27(35)24-26(22(40-6)12-14-32-24)43-23(34)13-15-39-5/h7-12,14,18,20-21,25H,13,15-17H2,1-6H3,(H,33,35). The van der Waals surface area contributed by atoms with E-state index in [4.69, 9.17) is 28.4 Å². The molecule has 1 fully saturated rings. The zero-order valence-corrected chi connectivity index (χ0v) is 25.6. The summed E-state index contributed by atoms with van der Waals surface area (Å²) in [4.78, 5) is 69.3. The molecule has 0 aliphatic carbocycles. The summed E-state index contributed by atoms with van der Waals surface area (Å²) in [6.45, 7) is 5.97. The molecule has 3 rings (SSSR count). The van der Waals surface area contributed by atoms with Gasteiger partial charge in [0.15, 0.2) is 23.6 Å². The number of carbonyl (C=O) groups excluding carboxylic acids is 5. The molecule has 0 bridgehead atoms. The maximum Gasteiger partial charge on any atom is 0.332 e. The zero-order valence-electron chi connectivity index (χ0n) is 25.6. The summed E-state index contributed by atoms with van der Waals surface area (Å²) < 4.78 is 32.4. The van der Waals surface area contributed by atoms with Gasteiger partial charge in [-0.05, 0) is 39.7 Å². The third-order valence-corrected chi connectivity index (χ3v) is 6.63. The van der Waals surface area contributed by atoms with E-state index in [0.29, 0.717) is 0 Å². The van der Waals surface area contributed by atoms with E-state index in [-0.39, 0.29) is 36.6 Å². The van der Waals surface area contributed by atoms with Crippen LogP contribution in [0.3, 0.4) is 0 Å². The van der Waals surface area contributed by atoms with Crippen LogP contribution in [-0.4, -0.2) is 80.5 Å². The number of aromatic nitrogens is 1. The van der Waals surface area contributed by atoms with Crippen molar-refractivity contribution in [2.24, 2.45) is 11.3 Å². The normalized spacial score (nSPS) is 20.6. The van der Waals surface area contributed by atoms with Gasteiger partial charge in [0.25, 0.3) is 5.91 Å². The Hall–Kier alpha value is -4.52. The van der Waals surface area contributed by atoms with Crippen molar-refractivity contribution < 1.29 is 52.4 Å². The molecule has 1 aliphatic heterocycles. The lowest BCUT2D eigenvalue weighted by molar-refractivity contribution is -0.180. The molecule has 1 saturated heterocycles. The number of amides is 1. The highest BCUT2D eigenvalue weighted by molar-refractivity contribution is 5.99. The topological polar surface area (TPSA) is 166 Å². The van der Waals surface area contributed by atoms with Crippen LogP contribution in [0.15, 0.2) is 42.6 Å². The Balaban J connectivity index is 1.89. The lowest BCUT2D eigenvalue weighted by atomic mass is 9.90. The molecule has 1 aliphatic rings. The second-order valence-corrected chi connectivity index (χ2v) is 11.1. The lowest BCUT2D eigenvalue weighted by Gasteiger charge is -2.31. The fourth-order valence-corrected chi connectivity index (χ4v) is 4.21. The first-order valence-electron chi connectivity index (χ1n) is 14.0. The molecule has 2 heterocycles.